The number of benzene rings is 1. The number of aryl methyl sites for hydroxylation is 2. The number of nitrogens with zero attached hydrogens (tertiary/aromatic N) is 3. The van der Waals surface area contributed by atoms with Crippen LogP contribution >= 0.6 is 0 Å². The molecule has 7 nitrogen and oxygen atoms in total. The summed E-state index contributed by atoms with van der Waals surface area (Å²) in [5.74, 6) is -2.76. The van der Waals surface area contributed by atoms with Gasteiger partial charge in [0.15, 0.2) is 5.03 Å². The van der Waals surface area contributed by atoms with Crippen molar-refractivity contribution in [2.45, 2.75) is 48.7 Å². The number of halogens is 3. The Morgan fingerprint density at radius 3 is 2.32 bits per heavy atom. The van der Waals surface area contributed by atoms with Crippen LogP contribution in [0.25, 0.3) is 0 Å². The molecule has 0 radical (unpaired) electrons. The van der Waals surface area contributed by atoms with E-state index in [0.29, 0.717) is 13.1 Å². The Morgan fingerprint density at radius 2 is 1.77 bits per heavy atom. The van der Waals surface area contributed by atoms with E-state index in [4.69, 9.17) is 9.90 Å². The van der Waals surface area contributed by atoms with Gasteiger partial charge in [-0.15, -0.1) is 0 Å². The Kier molecular flexibility index (Phi) is 6.47. The number of aromatic nitrogens is 2. The first-order valence-corrected chi connectivity index (χ1v) is 11.3. The number of carbonyl (C=O) groups is 1. The molecule has 1 spiro atoms. The van der Waals surface area contributed by atoms with Crippen LogP contribution in [0.15, 0.2) is 41.8 Å². The van der Waals surface area contributed by atoms with Crippen LogP contribution in [0.4, 0.5) is 13.2 Å². The van der Waals surface area contributed by atoms with Gasteiger partial charge in [-0.1, -0.05) is 24.3 Å². The van der Waals surface area contributed by atoms with Gasteiger partial charge in [-0.05, 0) is 48.6 Å². The fourth-order valence-corrected chi connectivity index (χ4v) is 5.74. The Balaban J connectivity index is 0.000000339. The lowest BCUT2D eigenvalue weighted by atomic mass is 9.65. The molecule has 0 bridgehead atoms. The predicted octanol–water partition coefficient (Wildman–Crippen LogP) is 3.11. The monoisotopic (exact) mass is 459 g/mol. The van der Waals surface area contributed by atoms with E-state index in [9.17, 15) is 21.6 Å². The molecule has 0 amide bonds. The first kappa shape index (κ1) is 23.3. The summed E-state index contributed by atoms with van der Waals surface area (Å²) in [5.41, 5.74) is 3.06. The number of rotatable bonds is 2. The zero-order valence-electron chi connectivity index (χ0n) is 17.0. The van der Waals surface area contributed by atoms with Crippen LogP contribution in [0.5, 0.6) is 0 Å². The van der Waals surface area contributed by atoms with Crippen molar-refractivity contribution >= 4 is 16.0 Å². The van der Waals surface area contributed by atoms with Crippen molar-refractivity contribution < 1.29 is 31.5 Å². The molecule has 1 aliphatic carbocycles. The van der Waals surface area contributed by atoms with Crippen LogP contribution in [-0.4, -0.2) is 52.6 Å². The molecule has 2 aromatic rings. The minimum atomic E-state index is -5.08. The van der Waals surface area contributed by atoms with Crippen molar-refractivity contribution in [1.29, 1.82) is 0 Å². The molecule has 0 atom stereocenters. The van der Waals surface area contributed by atoms with Gasteiger partial charge in [0.2, 0.25) is 0 Å². The maximum absolute atomic E-state index is 12.8. The topological polar surface area (TPSA) is 92.5 Å². The van der Waals surface area contributed by atoms with E-state index in [-0.39, 0.29) is 10.4 Å². The van der Waals surface area contributed by atoms with Crippen LogP contribution < -0.4 is 0 Å². The molecule has 1 fully saturated rings. The number of carboxylic acids is 1. The number of hydrogen-bond acceptors (Lipinski definition) is 4. The third-order valence-corrected chi connectivity index (χ3v) is 7.68. The summed E-state index contributed by atoms with van der Waals surface area (Å²) in [6.07, 6.45) is 3.34. The largest absolute Gasteiger partial charge is 0.490 e. The highest BCUT2D eigenvalue weighted by molar-refractivity contribution is 7.89. The first-order chi connectivity index (χ1) is 14.5. The number of sulfonamides is 1. The molecular weight excluding hydrogens is 435 g/mol. The van der Waals surface area contributed by atoms with E-state index >= 15 is 0 Å². The van der Waals surface area contributed by atoms with Crippen molar-refractivity contribution in [1.82, 2.24) is 13.9 Å². The van der Waals surface area contributed by atoms with Crippen molar-refractivity contribution in [3.63, 3.8) is 0 Å². The van der Waals surface area contributed by atoms with Crippen molar-refractivity contribution in [2.24, 2.45) is 7.05 Å². The second-order valence-electron chi connectivity index (χ2n) is 7.88. The van der Waals surface area contributed by atoms with E-state index in [0.717, 1.165) is 19.3 Å². The Labute approximate surface area is 178 Å². The fraction of sp³-hybridized carbons (Fsp3) is 0.500. The van der Waals surface area contributed by atoms with Crippen LogP contribution in [-0.2, 0) is 33.7 Å². The number of imidazole rings is 1. The molecule has 0 saturated carbocycles. The van der Waals surface area contributed by atoms with Crippen molar-refractivity contribution in [3.8, 4) is 0 Å². The summed E-state index contributed by atoms with van der Waals surface area (Å²) >= 11 is 0. The normalized spacial score (nSPS) is 18.7. The second-order valence-corrected chi connectivity index (χ2v) is 9.76. The van der Waals surface area contributed by atoms with Gasteiger partial charge in [0, 0.05) is 26.3 Å². The quantitative estimate of drug-likeness (QED) is 0.745. The molecule has 1 N–H and O–H groups in total. The molecule has 1 saturated heterocycles. The Bertz CT molecular complexity index is 1040. The summed E-state index contributed by atoms with van der Waals surface area (Å²) in [6.45, 7) is 1.15. The lowest BCUT2D eigenvalue weighted by Crippen LogP contribution is -2.46. The molecule has 1 aromatic carbocycles. The summed E-state index contributed by atoms with van der Waals surface area (Å²) in [4.78, 5) is 12.9. The van der Waals surface area contributed by atoms with E-state index in [1.54, 1.807) is 22.1 Å². The lowest BCUT2D eigenvalue weighted by molar-refractivity contribution is -0.192. The van der Waals surface area contributed by atoms with Crippen LogP contribution in [0.2, 0.25) is 0 Å². The number of alkyl halides is 3. The smallest absolute Gasteiger partial charge is 0.475 e. The molecule has 0 unspecified atom stereocenters. The third-order valence-electron chi connectivity index (χ3n) is 5.90. The van der Waals surface area contributed by atoms with Crippen LogP contribution in [0.1, 0.15) is 36.8 Å². The van der Waals surface area contributed by atoms with E-state index in [1.165, 1.54) is 30.3 Å². The van der Waals surface area contributed by atoms with Crippen molar-refractivity contribution in [2.75, 3.05) is 13.1 Å². The molecular formula is C20H24F3N3O4S. The predicted molar refractivity (Wildman–Crippen MR) is 106 cm³/mol. The molecule has 2 aliphatic rings. The number of piperidine rings is 1. The summed E-state index contributed by atoms with van der Waals surface area (Å²) < 4.78 is 60.6. The van der Waals surface area contributed by atoms with E-state index in [2.05, 4.69) is 29.2 Å². The number of aliphatic carboxylic acids is 1. The Hall–Kier alpha value is -2.40. The maximum Gasteiger partial charge on any atom is 0.490 e. The summed E-state index contributed by atoms with van der Waals surface area (Å²) in [6, 6.07) is 8.70. The van der Waals surface area contributed by atoms with Gasteiger partial charge < -0.3 is 9.67 Å². The first-order valence-electron chi connectivity index (χ1n) is 9.82. The van der Waals surface area contributed by atoms with E-state index < -0.39 is 22.2 Å². The summed E-state index contributed by atoms with van der Waals surface area (Å²) in [5, 5.41) is 7.28. The second kappa shape index (κ2) is 8.62. The van der Waals surface area contributed by atoms with Gasteiger partial charge in [0.1, 0.15) is 0 Å². The number of carboxylic acid groups (broad SMARTS) is 1. The van der Waals surface area contributed by atoms with Gasteiger partial charge in [0.25, 0.3) is 10.0 Å². The third kappa shape index (κ3) is 4.93. The van der Waals surface area contributed by atoms with Gasteiger partial charge in [0.05, 0.1) is 6.33 Å². The van der Waals surface area contributed by atoms with E-state index in [1.807, 2.05) is 0 Å². The highest BCUT2D eigenvalue weighted by Crippen LogP contribution is 2.45. The van der Waals surface area contributed by atoms with Gasteiger partial charge in [-0.25, -0.2) is 18.2 Å². The molecule has 11 heteroatoms. The minimum absolute atomic E-state index is 0.157. The highest BCUT2D eigenvalue weighted by Gasteiger charge is 2.42. The lowest BCUT2D eigenvalue weighted by Gasteiger charge is -2.44. The van der Waals surface area contributed by atoms with Gasteiger partial charge in [-0.3, -0.25) is 0 Å². The fourth-order valence-electron chi connectivity index (χ4n) is 4.34. The van der Waals surface area contributed by atoms with Crippen LogP contribution in [0.3, 0.4) is 0 Å². The molecule has 2 heterocycles. The highest BCUT2D eigenvalue weighted by atomic mass is 32.2. The molecule has 31 heavy (non-hydrogen) atoms. The number of hydrogen-bond donors (Lipinski definition) is 1. The number of fused-ring (bicyclic) bond motifs is 2. The molecule has 1 aromatic heterocycles. The molecule has 1 aliphatic heterocycles. The van der Waals surface area contributed by atoms with Crippen LogP contribution in [0, 0.1) is 0 Å². The van der Waals surface area contributed by atoms with Crippen molar-refractivity contribution in [3.05, 3.63) is 47.9 Å². The minimum Gasteiger partial charge on any atom is -0.475 e. The molecule has 170 valence electrons. The van der Waals surface area contributed by atoms with Gasteiger partial charge >= 0.3 is 12.1 Å². The van der Waals surface area contributed by atoms with Gasteiger partial charge in [-0.2, -0.15) is 17.5 Å². The zero-order chi connectivity index (χ0) is 22.9. The average molecular weight is 459 g/mol. The summed E-state index contributed by atoms with van der Waals surface area (Å²) in [7, 11) is -1.68. The average Bonchev–Trinajstić information content (AvgIpc) is 3.16. The zero-order valence-corrected chi connectivity index (χ0v) is 17.8. The molecule has 4 rings (SSSR count). The Morgan fingerprint density at radius 1 is 1.16 bits per heavy atom. The maximum atomic E-state index is 12.8. The SMILES string of the molecule is Cn1cnc(S(=O)(=O)N2CCC3(CCCc4ccccc43)CC2)c1.O=C(O)C(F)(F)F. The standard InChI is InChI=1S/C18H23N3O2S.C2HF3O2/c1-20-13-17(19-14-20)24(22,23)21-11-9-18(10-12-21)8-4-6-15-5-2-3-7-16(15)18;3-2(4,5)1(6)7/h2-3,5,7,13-14H,4,6,8-12H2,1H3;(H,6,7).